The molecule has 0 aromatic rings. The van der Waals surface area contributed by atoms with Gasteiger partial charge >= 0.3 is 13.6 Å². The smallest absolute Gasteiger partial charge is 0.333 e. The fourth-order valence-electron chi connectivity index (χ4n) is 1.15. The molecule has 0 saturated carbocycles. The lowest BCUT2D eigenvalue weighted by molar-refractivity contribution is -0.136. The molecule has 15 heavy (non-hydrogen) atoms. The van der Waals surface area contributed by atoms with E-state index in [9.17, 15) is 9.36 Å². The lowest BCUT2D eigenvalue weighted by atomic mass is 10.1. The van der Waals surface area contributed by atoms with Crippen molar-refractivity contribution in [3.05, 3.63) is 11.6 Å². The molecule has 2 N–H and O–H groups in total. The molecule has 5 nitrogen and oxygen atoms in total. The molecule has 0 aromatic carbocycles. The first kappa shape index (κ1) is 14.4. The Morgan fingerprint density at radius 2 is 2.00 bits per heavy atom. The second kappa shape index (κ2) is 6.05. The Kier molecular flexibility index (Phi) is 5.80. The highest BCUT2D eigenvalue weighted by atomic mass is 31.2. The fourth-order valence-corrected chi connectivity index (χ4v) is 2.00. The van der Waals surface area contributed by atoms with Crippen LogP contribution in [0.25, 0.3) is 0 Å². The van der Waals surface area contributed by atoms with Gasteiger partial charge in [0.25, 0.3) is 0 Å². The van der Waals surface area contributed by atoms with Gasteiger partial charge in [-0.2, -0.15) is 0 Å². The number of rotatable bonds is 5. The van der Waals surface area contributed by atoms with Crippen LogP contribution in [-0.2, 0) is 14.1 Å². The number of carbonyl (C=O) groups excluding carboxylic acids is 1. The van der Waals surface area contributed by atoms with E-state index in [1.54, 1.807) is 13.8 Å². The van der Waals surface area contributed by atoms with E-state index in [-0.39, 0.29) is 6.42 Å². The van der Waals surface area contributed by atoms with Crippen LogP contribution in [0.3, 0.4) is 0 Å². The molecule has 0 heterocycles. The van der Waals surface area contributed by atoms with Gasteiger partial charge in [0.05, 0.1) is 12.8 Å². The van der Waals surface area contributed by atoms with E-state index >= 15 is 0 Å². The van der Waals surface area contributed by atoms with Crippen molar-refractivity contribution in [3.63, 3.8) is 0 Å². The predicted octanol–water partition coefficient (Wildman–Crippen LogP) is 1.45. The van der Waals surface area contributed by atoms with Gasteiger partial charge < -0.3 is 14.5 Å². The van der Waals surface area contributed by atoms with Crippen molar-refractivity contribution < 1.29 is 23.9 Å². The minimum Gasteiger partial charge on any atom is -0.466 e. The standard InChI is InChI=1S/C9H17O5P/c1-4-7(9(10)14-3)6-8(5-2)15(11,12)13/h6,8H,4-5H2,1-3H3,(H2,11,12,13). The highest BCUT2D eigenvalue weighted by Gasteiger charge is 2.26. The van der Waals surface area contributed by atoms with E-state index in [1.807, 2.05) is 0 Å². The van der Waals surface area contributed by atoms with E-state index < -0.39 is 19.2 Å². The largest absolute Gasteiger partial charge is 0.466 e. The molecule has 0 fully saturated rings. The van der Waals surface area contributed by atoms with Gasteiger partial charge in [-0.25, -0.2) is 4.79 Å². The summed E-state index contributed by atoms with van der Waals surface area (Å²) >= 11 is 0. The molecule has 0 amide bonds. The number of ether oxygens (including phenoxy) is 1. The van der Waals surface area contributed by atoms with E-state index in [2.05, 4.69) is 4.74 Å². The van der Waals surface area contributed by atoms with Crippen LogP contribution >= 0.6 is 7.60 Å². The fraction of sp³-hybridized carbons (Fsp3) is 0.667. The van der Waals surface area contributed by atoms with Crippen molar-refractivity contribution in [2.24, 2.45) is 0 Å². The average Bonchev–Trinajstić information content (AvgIpc) is 2.16. The average molecular weight is 236 g/mol. The second-order valence-electron chi connectivity index (χ2n) is 3.10. The van der Waals surface area contributed by atoms with Gasteiger partial charge in [-0.15, -0.1) is 0 Å². The first-order chi connectivity index (χ1) is 6.86. The summed E-state index contributed by atoms with van der Waals surface area (Å²) in [6.45, 7) is 3.39. The SMILES string of the molecule is CCC(=CC(CC)P(=O)(O)O)C(=O)OC. The van der Waals surface area contributed by atoms with Crippen molar-refractivity contribution in [2.45, 2.75) is 32.3 Å². The van der Waals surface area contributed by atoms with E-state index in [1.165, 1.54) is 13.2 Å². The van der Waals surface area contributed by atoms with Gasteiger partial charge in [0, 0.05) is 5.57 Å². The molecule has 0 aliphatic carbocycles. The summed E-state index contributed by atoms with van der Waals surface area (Å²) in [5.74, 6) is -0.538. The molecule has 0 radical (unpaired) electrons. The zero-order valence-corrected chi connectivity index (χ0v) is 10.0. The summed E-state index contributed by atoms with van der Waals surface area (Å²) in [6, 6.07) is 0. The third-order valence-corrected chi connectivity index (χ3v) is 3.45. The van der Waals surface area contributed by atoms with Gasteiger partial charge in [0.1, 0.15) is 0 Å². The molecule has 0 saturated heterocycles. The molecule has 0 spiro atoms. The Morgan fingerprint density at radius 1 is 1.47 bits per heavy atom. The summed E-state index contributed by atoms with van der Waals surface area (Å²) in [5.41, 5.74) is -0.612. The van der Waals surface area contributed by atoms with E-state index in [0.29, 0.717) is 12.0 Å². The Hall–Kier alpha value is -0.640. The summed E-state index contributed by atoms with van der Waals surface area (Å²) in [5, 5.41) is 0. The third-order valence-electron chi connectivity index (χ3n) is 2.07. The number of allylic oxidation sites excluding steroid dienone is 1. The van der Waals surface area contributed by atoms with Crippen LogP contribution in [-0.4, -0.2) is 28.5 Å². The van der Waals surface area contributed by atoms with Crippen LogP contribution in [0.15, 0.2) is 11.6 Å². The topological polar surface area (TPSA) is 83.8 Å². The summed E-state index contributed by atoms with van der Waals surface area (Å²) in [6.07, 6.45) is 1.99. The lowest BCUT2D eigenvalue weighted by Crippen LogP contribution is -2.10. The Labute approximate surface area is 89.3 Å². The molecule has 0 rings (SSSR count). The van der Waals surface area contributed by atoms with Crippen molar-refractivity contribution in [3.8, 4) is 0 Å². The van der Waals surface area contributed by atoms with Crippen LogP contribution in [0.4, 0.5) is 0 Å². The Balaban J connectivity index is 4.95. The van der Waals surface area contributed by atoms with E-state index in [0.717, 1.165) is 0 Å². The normalized spacial score (nSPS) is 14.9. The molecule has 0 bridgehead atoms. The number of carbonyl (C=O) groups is 1. The molecule has 1 atom stereocenters. The molecular formula is C9H17O5P. The molecule has 1 unspecified atom stereocenters. The maximum Gasteiger partial charge on any atom is 0.333 e. The van der Waals surface area contributed by atoms with Gasteiger partial charge in [0.15, 0.2) is 0 Å². The minimum atomic E-state index is -4.18. The summed E-state index contributed by atoms with van der Waals surface area (Å²) < 4.78 is 15.5. The first-order valence-corrected chi connectivity index (χ1v) is 6.39. The highest BCUT2D eigenvalue weighted by molar-refractivity contribution is 7.52. The highest BCUT2D eigenvalue weighted by Crippen LogP contribution is 2.44. The van der Waals surface area contributed by atoms with Crippen molar-refractivity contribution in [1.29, 1.82) is 0 Å². The molecule has 0 aliphatic rings. The molecule has 0 aliphatic heterocycles. The number of hydrogen-bond acceptors (Lipinski definition) is 3. The van der Waals surface area contributed by atoms with Gasteiger partial charge in [-0.3, -0.25) is 4.57 Å². The van der Waals surface area contributed by atoms with Crippen molar-refractivity contribution >= 4 is 13.6 Å². The van der Waals surface area contributed by atoms with Crippen molar-refractivity contribution in [2.75, 3.05) is 7.11 Å². The van der Waals surface area contributed by atoms with Crippen molar-refractivity contribution in [1.82, 2.24) is 0 Å². The number of hydrogen-bond donors (Lipinski definition) is 2. The second-order valence-corrected chi connectivity index (χ2v) is 4.94. The quantitative estimate of drug-likeness (QED) is 0.429. The Bertz CT molecular complexity index is 291. The summed E-state index contributed by atoms with van der Waals surface area (Å²) in [7, 11) is -2.94. The molecular weight excluding hydrogens is 219 g/mol. The first-order valence-electron chi connectivity index (χ1n) is 4.71. The summed E-state index contributed by atoms with van der Waals surface area (Å²) in [4.78, 5) is 29.2. The maximum absolute atomic E-state index is 11.2. The Morgan fingerprint density at radius 3 is 2.27 bits per heavy atom. The third kappa shape index (κ3) is 4.60. The zero-order chi connectivity index (χ0) is 12.1. The van der Waals surface area contributed by atoms with Crippen LogP contribution in [0.1, 0.15) is 26.7 Å². The minimum absolute atomic E-state index is 0.283. The number of methoxy groups -OCH3 is 1. The van der Waals surface area contributed by atoms with Crippen LogP contribution < -0.4 is 0 Å². The van der Waals surface area contributed by atoms with Gasteiger partial charge in [-0.05, 0) is 12.8 Å². The molecule has 6 heteroatoms. The van der Waals surface area contributed by atoms with E-state index in [4.69, 9.17) is 9.79 Å². The zero-order valence-electron chi connectivity index (χ0n) is 9.14. The predicted molar refractivity (Wildman–Crippen MR) is 56.5 cm³/mol. The van der Waals surface area contributed by atoms with Gasteiger partial charge in [-0.1, -0.05) is 19.9 Å². The van der Waals surface area contributed by atoms with Crippen LogP contribution in [0.2, 0.25) is 0 Å². The lowest BCUT2D eigenvalue weighted by Gasteiger charge is -2.13. The molecule has 0 aromatic heterocycles. The maximum atomic E-state index is 11.2. The molecule has 88 valence electrons. The van der Waals surface area contributed by atoms with Crippen LogP contribution in [0.5, 0.6) is 0 Å². The monoisotopic (exact) mass is 236 g/mol. The van der Waals surface area contributed by atoms with Gasteiger partial charge in [0.2, 0.25) is 0 Å². The van der Waals surface area contributed by atoms with Crippen LogP contribution in [0, 0.1) is 0 Å². The number of esters is 1.